The van der Waals surface area contributed by atoms with Crippen molar-refractivity contribution in [3.63, 3.8) is 0 Å². The fourth-order valence-corrected chi connectivity index (χ4v) is 3.75. The highest BCUT2D eigenvalue weighted by Gasteiger charge is 2.32. The van der Waals surface area contributed by atoms with E-state index in [0.29, 0.717) is 26.2 Å². The zero-order chi connectivity index (χ0) is 19.5. The summed E-state index contributed by atoms with van der Waals surface area (Å²) in [7, 11) is 0. The van der Waals surface area contributed by atoms with Crippen LogP contribution in [0.25, 0.3) is 11.3 Å². The quantitative estimate of drug-likeness (QED) is 0.820. The van der Waals surface area contributed by atoms with Gasteiger partial charge in [0.05, 0.1) is 5.69 Å². The first kappa shape index (κ1) is 18.2. The maximum absolute atomic E-state index is 12.5. The van der Waals surface area contributed by atoms with E-state index in [1.54, 1.807) is 17.0 Å². The number of carbonyl (C=O) groups is 2. The molecular formula is C20H23N5O3. The van der Waals surface area contributed by atoms with Gasteiger partial charge in [-0.3, -0.25) is 9.59 Å². The molecule has 28 heavy (non-hydrogen) atoms. The number of carbonyl (C=O) groups excluding carboxylic acids is 2. The van der Waals surface area contributed by atoms with Gasteiger partial charge in [-0.1, -0.05) is 30.3 Å². The van der Waals surface area contributed by atoms with E-state index in [1.807, 2.05) is 30.3 Å². The minimum atomic E-state index is -0.476. The second-order valence-corrected chi connectivity index (χ2v) is 7.28. The summed E-state index contributed by atoms with van der Waals surface area (Å²) in [5.74, 6) is 0.245. The van der Waals surface area contributed by atoms with Crippen LogP contribution in [0, 0.1) is 5.92 Å². The number of rotatable bonds is 4. The third kappa shape index (κ3) is 3.90. The lowest BCUT2D eigenvalue weighted by Gasteiger charge is -2.33. The Morgan fingerprint density at radius 1 is 1.07 bits per heavy atom. The Labute approximate surface area is 162 Å². The van der Waals surface area contributed by atoms with Crippen molar-refractivity contribution in [3.05, 3.63) is 52.8 Å². The lowest BCUT2D eigenvalue weighted by atomic mass is 9.96. The Hall–Kier alpha value is -3.16. The average molecular weight is 381 g/mol. The van der Waals surface area contributed by atoms with Gasteiger partial charge < -0.3 is 15.5 Å². The summed E-state index contributed by atoms with van der Waals surface area (Å²) in [5, 5.41) is 9.78. The zero-order valence-electron chi connectivity index (χ0n) is 15.5. The number of nitrogens with zero attached hydrogens (tertiary/aromatic N) is 3. The van der Waals surface area contributed by atoms with Crippen molar-refractivity contribution in [1.29, 1.82) is 0 Å². The summed E-state index contributed by atoms with van der Waals surface area (Å²) in [6.45, 7) is 2.14. The van der Waals surface area contributed by atoms with Crippen molar-refractivity contribution in [2.75, 3.05) is 19.6 Å². The molecule has 3 amide bonds. The van der Waals surface area contributed by atoms with Crippen molar-refractivity contribution >= 4 is 11.9 Å². The topological polar surface area (TPSA) is 96.3 Å². The molecule has 4 rings (SSSR count). The molecule has 2 aromatic rings. The minimum absolute atomic E-state index is 0.0434. The van der Waals surface area contributed by atoms with E-state index in [4.69, 9.17) is 0 Å². The van der Waals surface area contributed by atoms with Crippen LogP contribution in [-0.4, -0.2) is 52.3 Å². The van der Waals surface area contributed by atoms with Gasteiger partial charge in [-0.05, 0) is 24.8 Å². The average Bonchev–Trinajstić information content (AvgIpc) is 3.17. The Morgan fingerprint density at radius 2 is 1.82 bits per heavy atom. The van der Waals surface area contributed by atoms with E-state index in [1.165, 1.54) is 4.68 Å². The fourth-order valence-electron chi connectivity index (χ4n) is 3.75. The fraction of sp³-hybridized carbons (Fsp3) is 0.400. The Morgan fingerprint density at radius 3 is 2.50 bits per heavy atom. The molecule has 0 radical (unpaired) electrons. The van der Waals surface area contributed by atoms with Crippen molar-refractivity contribution in [2.45, 2.75) is 25.4 Å². The van der Waals surface area contributed by atoms with E-state index >= 15 is 0 Å². The molecular weight excluding hydrogens is 358 g/mol. The third-order valence-electron chi connectivity index (χ3n) is 5.36. The monoisotopic (exact) mass is 381 g/mol. The van der Waals surface area contributed by atoms with E-state index in [2.05, 4.69) is 15.7 Å². The number of hydrogen-bond donors (Lipinski definition) is 2. The summed E-state index contributed by atoms with van der Waals surface area (Å²) in [5.41, 5.74) is 1.64. The van der Waals surface area contributed by atoms with Crippen molar-refractivity contribution in [1.82, 2.24) is 25.3 Å². The van der Waals surface area contributed by atoms with Crippen LogP contribution in [0.5, 0.6) is 0 Å². The van der Waals surface area contributed by atoms with Crippen molar-refractivity contribution in [3.8, 4) is 11.3 Å². The molecule has 3 heterocycles. The van der Waals surface area contributed by atoms with Gasteiger partial charge in [0.1, 0.15) is 6.04 Å². The van der Waals surface area contributed by atoms with E-state index in [0.717, 1.165) is 24.1 Å². The Balaban J connectivity index is 1.38. The first-order chi connectivity index (χ1) is 13.6. The molecule has 2 saturated heterocycles. The number of amides is 3. The maximum Gasteiger partial charge on any atom is 0.315 e. The van der Waals surface area contributed by atoms with Crippen molar-refractivity contribution < 1.29 is 9.59 Å². The van der Waals surface area contributed by atoms with Gasteiger partial charge in [-0.2, -0.15) is 5.10 Å². The molecule has 146 valence electrons. The lowest BCUT2D eigenvalue weighted by Crippen LogP contribution is -2.49. The Kier molecular flexibility index (Phi) is 5.10. The summed E-state index contributed by atoms with van der Waals surface area (Å²) in [4.78, 5) is 37.7. The van der Waals surface area contributed by atoms with E-state index in [-0.39, 0.29) is 23.4 Å². The van der Waals surface area contributed by atoms with Gasteiger partial charge in [0, 0.05) is 37.8 Å². The minimum Gasteiger partial charge on any atom is -0.341 e. The zero-order valence-corrected chi connectivity index (χ0v) is 15.5. The van der Waals surface area contributed by atoms with Crippen LogP contribution in [0.3, 0.4) is 0 Å². The highest BCUT2D eigenvalue weighted by molar-refractivity contribution is 5.90. The normalized spacial score (nSPS) is 19.9. The number of hydrogen-bond acceptors (Lipinski definition) is 4. The maximum atomic E-state index is 12.5. The highest BCUT2D eigenvalue weighted by Crippen LogP contribution is 2.20. The highest BCUT2D eigenvalue weighted by atomic mass is 16.2. The Bertz CT molecular complexity index is 919. The SMILES string of the molecule is O=C1NCC(C(=O)N2CCC(Cn3nc(-c4ccccc4)ccc3=O)CC2)N1. The molecule has 0 spiro atoms. The molecule has 1 aromatic heterocycles. The van der Waals surface area contributed by atoms with Crippen LogP contribution in [0.4, 0.5) is 4.79 Å². The van der Waals surface area contributed by atoms with Crippen LogP contribution in [0.2, 0.25) is 0 Å². The van der Waals surface area contributed by atoms with Crippen LogP contribution < -0.4 is 16.2 Å². The molecule has 8 heteroatoms. The predicted octanol–water partition coefficient (Wildman–Crippen LogP) is 0.830. The molecule has 2 fully saturated rings. The number of likely N-dealkylation sites (tertiary alicyclic amines) is 1. The summed E-state index contributed by atoms with van der Waals surface area (Å²) < 4.78 is 1.53. The first-order valence-corrected chi connectivity index (χ1v) is 9.57. The molecule has 1 atom stereocenters. The van der Waals surface area contributed by atoms with Crippen LogP contribution in [-0.2, 0) is 11.3 Å². The second-order valence-electron chi connectivity index (χ2n) is 7.28. The van der Waals surface area contributed by atoms with Gasteiger partial charge >= 0.3 is 6.03 Å². The van der Waals surface area contributed by atoms with Gasteiger partial charge in [0.2, 0.25) is 5.91 Å². The number of urea groups is 1. The number of benzene rings is 1. The molecule has 0 saturated carbocycles. The molecule has 1 aromatic carbocycles. The molecule has 8 nitrogen and oxygen atoms in total. The number of nitrogens with one attached hydrogen (secondary N) is 2. The van der Waals surface area contributed by atoms with E-state index in [9.17, 15) is 14.4 Å². The smallest absolute Gasteiger partial charge is 0.315 e. The van der Waals surface area contributed by atoms with Crippen LogP contribution in [0.1, 0.15) is 12.8 Å². The molecule has 2 aliphatic rings. The summed E-state index contributed by atoms with van der Waals surface area (Å²) in [6.07, 6.45) is 1.62. The van der Waals surface area contributed by atoms with Crippen LogP contribution >= 0.6 is 0 Å². The van der Waals surface area contributed by atoms with Gasteiger partial charge in [0.25, 0.3) is 5.56 Å². The van der Waals surface area contributed by atoms with Gasteiger partial charge in [0.15, 0.2) is 0 Å². The van der Waals surface area contributed by atoms with Gasteiger partial charge in [-0.25, -0.2) is 9.48 Å². The van der Waals surface area contributed by atoms with E-state index < -0.39 is 6.04 Å². The largest absolute Gasteiger partial charge is 0.341 e. The number of aromatic nitrogens is 2. The summed E-state index contributed by atoms with van der Waals surface area (Å²) in [6, 6.07) is 12.3. The first-order valence-electron chi connectivity index (χ1n) is 9.57. The third-order valence-corrected chi connectivity index (χ3v) is 5.36. The predicted molar refractivity (Wildman–Crippen MR) is 104 cm³/mol. The lowest BCUT2D eigenvalue weighted by molar-refractivity contribution is -0.134. The van der Waals surface area contributed by atoms with Gasteiger partial charge in [-0.15, -0.1) is 0 Å². The standard InChI is InChI=1S/C20H23N5O3/c26-18-7-6-16(15-4-2-1-3-5-15)23-25(18)13-14-8-10-24(11-9-14)19(27)17-12-21-20(28)22-17/h1-7,14,17H,8-13H2,(H2,21,22,28). The summed E-state index contributed by atoms with van der Waals surface area (Å²) >= 11 is 0. The van der Waals surface area contributed by atoms with Crippen molar-refractivity contribution in [2.24, 2.45) is 5.92 Å². The molecule has 2 aliphatic heterocycles. The second kappa shape index (κ2) is 7.84. The molecule has 2 N–H and O–H groups in total. The molecule has 0 bridgehead atoms. The number of piperidine rings is 1. The molecule has 1 unspecified atom stereocenters. The van der Waals surface area contributed by atoms with Crippen LogP contribution in [0.15, 0.2) is 47.3 Å². The molecule has 0 aliphatic carbocycles.